The van der Waals surface area contributed by atoms with Crippen molar-refractivity contribution in [2.45, 2.75) is 69.1 Å². The molecule has 0 amide bonds. The minimum absolute atomic E-state index is 0.0355. The van der Waals surface area contributed by atoms with E-state index in [-0.39, 0.29) is 21.8 Å². The molecule has 170 valence electrons. The van der Waals surface area contributed by atoms with Crippen LogP contribution in [-0.2, 0) is 9.84 Å². The van der Waals surface area contributed by atoms with Gasteiger partial charge in [0, 0.05) is 23.7 Å². The van der Waals surface area contributed by atoms with Crippen LogP contribution in [0.2, 0.25) is 0 Å². The van der Waals surface area contributed by atoms with Gasteiger partial charge in [0.05, 0.1) is 21.2 Å². The van der Waals surface area contributed by atoms with Crippen molar-refractivity contribution >= 4 is 33.0 Å². The Kier molecular flexibility index (Phi) is 7.63. The van der Waals surface area contributed by atoms with Crippen molar-refractivity contribution in [2.24, 2.45) is 5.41 Å². The molecule has 0 aliphatic carbocycles. The van der Waals surface area contributed by atoms with Crippen LogP contribution in [-0.4, -0.2) is 32.1 Å². The highest BCUT2D eigenvalue weighted by molar-refractivity contribution is 7.98. The third kappa shape index (κ3) is 5.23. The first-order chi connectivity index (χ1) is 14.7. The van der Waals surface area contributed by atoms with E-state index in [4.69, 9.17) is 0 Å². The van der Waals surface area contributed by atoms with Gasteiger partial charge in [0.25, 0.3) is 0 Å². The second kappa shape index (κ2) is 9.86. The smallest absolute Gasteiger partial charge is 0.181 e. The molecule has 31 heavy (non-hydrogen) atoms. The predicted octanol–water partition coefficient (Wildman–Crippen LogP) is 6.71. The number of aryl methyl sites for hydroxylation is 1. The number of phenols is 1. The van der Waals surface area contributed by atoms with Gasteiger partial charge in [-0.2, -0.15) is 0 Å². The average Bonchev–Trinajstić information content (AvgIpc) is 2.83. The molecule has 1 N–H and O–H groups in total. The summed E-state index contributed by atoms with van der Waals surface area (Å²) >= 11 is 1.43. The van der Waals surface area contributed by atoms with E-state index in [2.05, 4.69) is 49.9 Å². The Balaban J connectivity index is 2.24. The van der Waals surface area contributed by atoms with Gasteiger partial charge in [-0.15, -0.1) is 11.8 Å². The molecule has 2 aromatic carbocycles. The van der Waals surface area contributed by atoms with Gasteiger partial charge in [-0.3, -0.25) is 0 Å². The van der Waals surface area contributed by atoms with Crippen molar-refractivity contribution in [2.75, 3.05) is 23.5 Å². The monoisotopic (exact) mass is 461 g/mol. The number of rotatable bonds is 8. The van der Waals surface area contributed by atoms with Crippen LogP contribution in [0.1, 0.15) is 57.9 Å². The summed E-state index contributed by atoms with van der Waals surface area (Å²) < 4.78 is 27.3. The Morgan fingerprint density at radius 3 is 2.23 bits per heavy atom. The molecule has 0 bridgehead atoms. The van der Waals surface area contributed by atoms with Crippen LogP contribution in [0, 0.1) is 12.3 Å². The number of aromatic hydroxyl groups is 1. The highest BCUT2D eigenvalue weighted by atomic mass is 32.2. The van der Waals surface area contributed by atoms with Crippen LogP contribution in [0.5, 0.6) is 5.75 Å². The molecule has 0 spiro atoms. The minimum atomic E-state index is -3.55. The van der Waals surface area contributed by atoms with Crippen LogP contribution in [0.25, 0.3) is 0 Å². The van der Waals surface area contributed by atoms with Gasteiger partial charge < -0.3 is 10.0 Å². The van der Waals surface area contributed by atoms with E-state index in [0.717, 1.165) is 44.2 Å². The molecule has 0 unspecified atom stereocenters. The maximum Gasteiger partial charge on any atom is 0.181 e. The fourth-order valence-electron chi connectivity index (χ4n) is 4.60. The highest BCUT2D eigenvalue weighted by Crippen LogP contribution is 2.47. The zero-order valence-corrected chi connectivity index (χ0v) is 20.8. The zero-order valence-electron chi connectivity index (χ0n) is 19.1. The third-order valence-corrected chi connectivity index (χ3v) is 9.10. The molecule has 3 rings (SSSR count). The number of hydrogen-bond donors (Lipinski definition) is 1. The zero-order chi connectivity index (χ0) is 22.6. The van der Waals surface area contributed by atoms with Gasteiger partial charge in [0.1, 0.15) is 5.75 Å². The summed E-state index contributed by atoms with van der Waals surface area (Å²) in [5, 5.41) is 10.5. The van der Waals surface area contributed by atoms with Crippen LogP contribution < -0.4 is 4.90 Å². The van der Waals surface area contributed by atoms with E-state index >= 15 is 0 Å². The molecular formula is C25H35NO3S2. The number of thioether (sulfide) groups is 1. The number of phenolic OH excluding ortho intramolecular Hbond substituents is 1. The molecule has 0 atom stereocenters. The minimum Gasteiger partial charge on any atom is -0.507 e. The molecule has 1 heterocycles. The third-order valence-electron chi connectivity index (χ3n) is 6.34. The average molecular weight is 462 g/mol. The van der Waals surface area contributed by atoms with Gasteiger partial charge in [-0.05, 0) is 44.2 Å². The summed E-state index contributed by atoms with van der Waals surface area (Å²) in [5.74, 6) is 0.168. The summed E-state index contributed by atoms with van der Waals surface area (Å²) in [5.41, 5.74) is 2.54. The Bertz CT molecular complexity index is 992. The first-order valence-electron chi connectivity index (χ1n) is 11.2. The van der Waals surface area contributed by atoms with Gasteiger partial charge in [0.2, 0.25) is 0 Å². The largest absolute Gasteiger partial charge is 0.507 e. The second-order valence-corrected chi connectivity index (χ2v) is 11.7. The van der Waals surface area contributed by atoms with Crippen molar-refractivity contribution in [3.63, 3.8) is 0 Å². The number of nitrogens with zero attached hydrogens (tertiary/aromatic N) is 1. The Morgan fingerprint density at radius 2 is 1.68 bits per heavy atom. The highest BCUT2D eigenvalue weighted by Gasteiger charge is 2.42. The van der Waals surface area contributed by atoms with E-state index in [1.165, 1.54) is 23.4 Å². The maximum absolute atomic E-state index is 13.7. The van der Waals surface area contributed by atoms with E-state index in [9.17, 15) is 13.5 Å². The summed E-state index contributed by atoms with van der Waals surface area (Å²) in [7, 11) is -3.55. The molecule has 1 aliphatic rings. The fourth-order valence-corrected chi connectivity index (χ4v) is 7.21. The quantitative estimate of drug-likeness (QED) is 0.443. The molecule has 1 aliphatic heterocycles. The van der Waals surface area contributed by atoms with Gasteiger partial charge >= 0.3 is 0 Å². The summed E-state index contributed by atoms with van der Waals surface area (Å²) in [6.07, 6.45) is 7.79. The molecule has 0 fully saturated rings. The Hall–Kier alpha value is -1.66. The van der Waals surface area contributed by atoms with Gasteiger partial charge in [-0.25, -0.2) is 8.42 Å². The summed E-state index contributed by atoms with van der Waals surface area (Å²) in [6.45, 7) is 7.05. The number of unbranched alkanes of at least 4 members (excludes halogenated alkanes) is 2. The summed E-state index contributed by atoms with van der Waals surface area (Å²) in [4.78, 5) is 3.13. The lowest BCUT2D eigenvalue weighted by Crippen LogP contribution is -2.38. The van der Waals surface area contributed by atoms with E-state index in [1.54, 1.807) is 0 Å². The topological polar surface area (TPSA) is 57.6 Å². The molecule has 0 radical (unpaired) electrons. The van der Waals surface area contributed by atoms with Crippen molar-refractivity contribution < 1.29 is 13.5 Å². The normalized spacial score (nSPS) is 17.2. The van der Waals surface area contributed by atoms with E-state index in [0.29, 0.717) is 17.1 Å². The fraction of sp³-hybridized carbons (Fsp3) is 0.520. The lowest BCUT2D eigenvalue weighted by atomic mass is 9.79. The standard InChI is InChI=1S/C25H35NO3S2/c1-5-7-13-25(14-8-6-2)17-26(20-11-9-19(3)10-12-20)21-15-23(30-4)22(27)16-24(21)31(28,29)18-25/h9-12,15-16,27H,5-8,13-14,17-18H2,1-4H3. The first kappa shape index (κ1) is 24.0. The predicted molar refractivity (Wildman–Crippen MR) is 132 cm³/mol. The van der Waals surface area contributed by atoms with Gasteiger partial charge in [-0.1, -0.05) is 57.2 Å². The molecule has 4 nitrogen and oxygen atoms in total. The second-order valence-electron chi connectivity index (χ2n) is 8.88. The summed E-state index contributed by atoms with van der Waals surface area (Å²) in [6, 6.07) is 11.6. The molecule has 6 heteroatoms. The molecular weight excluding hydrogens is 426 g/mol. The molecule has 0 aromatic heterocycles. The van der Waals surface area contributed by atoms with Crippen molar-refractivity contribution in [1.82, 2.24) is 0 Å². The maximum atomic E-state index is 13.7. The number of anilines is 2. The van der Waals surface area contributed by atoms with Crippen molar-refractivity contribution in [3.05, 3.63) is 42.0 Å². The molecule has 2 aromatic rings. The van der Waals surface area contributed by atoms with E-state index < -0.39 is 9.84 Å². The number of fused-ring (bicyclic) bond motifs is 1. The van der Waals surface area contributed by atoms with Gasteiger partial charge in [0.15, 0.2) is 9.84 Å². The van der Waals surface area contributed by atoms with Crippen LogP contribution in [0.4, 0.5) is 11.4 Å². The van der Waals surface area contributed by atoms with Crippen molar-refractivity contribution in [1.29, 1.82) is 0 Å². The Morgan fingerprint density at radius 1 is 1.06 bits per heavy atom. The van der Waals surface area contributed by atoms with Crippen molar-refractivity contribution in [3.8, 4) is 5.75 Å². The lowest BCUT2D eigenvalue weighted by molar-refractivity contribution is 0.270. The number of sulfone groups is 1. The molecule has 0 saturated carbocycles. The number of hydrogen-bond acceptors (Lipinski definition) is 5. The number of benzene rings is 2. The lowest BCUT2D eigenvalue weighted by Gasteiger charge is -2.37. The first-order valence-corrected chi connectivity index (χ1v) is 14.1. The SMILES string of the molecule is CCCCC1(CCCC)CN(c2ccc(C)cc2)c2cc(SC)c(O)cc2S(=O)(=O)C1. The molecule has 0 saturated heterocycles. The van der Waals surface area contributed by atoms with E-state index in [1.807, 2.05) is 12.3 Å². The van der Waals surface area contributed by atoms with Crippen LogP contribution in [0.3, 0.4) is 0 Å². The Labute approximate surface area is 192 Å². The van der Waals surface area contributed by atoms with Crippen LogP contribution in [0.15, 0.2) is 46.2 Å². The van der Waals surface area contributed by atoms with Crippen LogP contribution >= 0.6 is 11.8 Å².